The molecule has 4 N–H and O–H groups in total. The van der Waals surface area contributed by atoms with Gasteiger partial charge in [0.2, 0.25) is 23.0 Å². The standard InChI is InChI=1S/C36H52N4O6/c1-11-20(2)31(34(43)38-23-18-35(4,5)40-36(6,7)19-23)39-27-15-13-24-25(17-28(27)42)26(37-21(3)41)14-12-22-16-29(44-8)32(45-9)33(46-10)30(22)24/h13,15-17,20,23,26,31,40H,11-12,14,18-19H2,1-10H3,(H,37,41)(H,38,43)(H,39,42)/t20-,26+,31+/m1/s1. The minimum atomic E-state index is -0.627. The summed E-state index contributed by atoms with van der Waals surface area (Å²) in [7, 11) is 4.70. The van der Waals surface area contributed by atoms with Crippen LogP contribution in [-0.4, -0.2) is 56.3 Å². The Labute approximate surface area is 273 Å². The molecule has 0 bridgehead atoms. The number of rotatable bonds is 10. The number of benzene rings is 1. The van der Waals surface area contributed by atoms with Crippen molar-refractivity contribution in [1.82, 2.24) is 16.0 Å². The van der Waals surface area contributed by atoms with Crippen molar-refractivity contribution in [1.29, 1.82) is 0 Å². The van der Waals surface area contributed by atoms with Crippen LogP contribution in [0.4, 0.5) is 5.69 Å². The number of amides is 2. The SMILES string of the molecule is CC[C@@H](C)[C@H](Nc1ccc2c(cc1=O)[C@@H](NC(C)=O)CCc1cc(OC)c(OC)c(OC)c1-2)C(=O)NC1CC(C)(C)NC(C)(C)C1. The summed E-state index contributed by atoms with van der Waals surface area (Å²) in [5, 5.41) is 13.3. The van der Waals surface area contributed by atoms with E-state index in [1.165, 1.54) is 6.92 Å². The second-order valence-corrected chi connectivity index (χ2v) is 14.1. The van der Waals surface area contributed by atoms with E-state index in [4.69, 9.17) is 14.2 Å². The van der Waals surface area contributed by atoms with E-state index in [-0.39, 0.29) is 40.3 Å². The molecule has 1 heterocycles. The molecule has 1 fully saturated rings. The molecular formula is C36H52N4O6. The van der Waals surface area contributed by atoms with Crippen molar-refractivity contribution in [2.24, 2.45) is 5.92 Å². The number of fused-ring (bicyclic) bond motifs is 3. The first-order valence-electron chi connectivity index (χ1n) is 16.3. The third-order valence-corrected chi connectivity index (χ3v) is 9.26. The molecule has 252 valence electrons. The molecule has 0 aromatic heterocycles. The minimum Gasteiger partial charge on any atom is -0.493 e. The fourth-order valence-corrected chi connectivity index (χ4v) is 7.41. The summed E-state index contributed by atoms with van der Waals surface area (Å²) >= 11 is 0. The van der Waals surface area contributed by atoms with Gasteiger partial charge in [0.25, 0.3) is 0 Å². The summed E-state index contributed by atoms with van der Waals surface area (Å²) in [6.07, 6.45) is 3.51. The number of anilines is 1. The Morgan fingerprint density at radius 3 is 2.20 bits per heavy atom. The Morgan fingerprint density at radius 1 is 0.978 bits per heavy atom. The molecule has 2 aromatic carbocycles. The van der Waals surface area contributed by atoms with Crippen LogP contribution in [-0.2, 0) is 16.0 Å². The van der Waals surface area contributed by atoms with Gasteiger partial charge in [-0.25, -0.2) is 0 Å². The number of methoxy groups -OCH3 is 3. The highest BCUT2D eigenvalue weighted by atomic mass is 16.5. The smallest absolute Gasteiger partial charge is 0.242 e. The lowest BCUT2D eigenvalue weighted by Crippen LogP contribution is -2.63. The van der Waals surface area contributed by atoms with Crippen LogP contribution in [0.3, 0.4) is 0 Å². The lowest BCUT2D eigenvalue weighted by molar-refractivity contribution is -0.124. The fraction of sp³-hybridized carbons (Fsp3) is 0.583. The van der Waals surface area contributed by atoms with Crippen LogP contribution in [0.5, 0.6) is 17.2 Å². The minimum absolute atomic E-state index is 0.00359. The van der Waals surface area contributed by atoms with Gasteiger partial charge in [0.15, 0.2) is 11.5 Å². The molecular weight excluding hydrogens is 584 g/mol. The second kappa shape index (κ2) is 13.9. The zero-order valence-corrected chi connectivity index (χ0v) is 29.1. The summed E-state index contributed by atoms with van der Waals surface area (Å²) in [4.78, 5) is 40.2. The van der Waals surface area contributed by atoms with Gasteiger partial charge in [0.1, 0.15) is 6.04 Å². The van der Waals surface area contributed by atoms with Crippen molar-refractivity contribution in [3.05, 3.63) is 45.6 Å². The van der Waals surface area contributed by atoms with Gasteiger partial charge >= 0.3 is 0 Å². The van der Waals surface area contributed by atoms with E-state index in [2.05, 4.69) is 49.0 Å². The van der Waals surface area contributed by atoms with Crippen molar-refractivity contribution >= 4 is 17.5 Å². The molecule has 46 heavy (non-hydrogen) atoms. The number of piperidine rings is 1. The van der Waals surface area contributed by atoms with Gasteiger partial charge in [-0.05, 0) is 94.2 Å². The third-order valence-electron chi connectivity index (χ3n) is 9.26. The number of nitrogens with one attached hydrogen (secondary N) is 4. The number of aryl methyl sites for hydroxylation is 1. The van der Waals surface area contributed by atoms with Crippen LogP contribution in [0.2, 0.25) is 0 Å². The van der Waals surface area contributed by atoms with E-state index in [0.717, 1.165) is 36.0 Å². The van der Waals surface area contributed by atoms with Gasteiger partial charge in [-0.2, -0.15) is 0 Å². The van der Waals surface area contributed by atoms with Gasteiger partial charge in [0.05, 0.1) is 33.1 Å². The molecule has 1 saturated heterocycles. The average molecular weight is 637 g/mol. The van der Waals surface area contributed by atoms with Crippen molar-refractivity contribution < 1.29 is 23.8 Å². The lowest BCUT2D eigenvalue weighted by Gasteiger charge is -2.47. The first kappa shape index (κ1) is 35.1. The third kappa shape index (κ3) is 7.60. The number of ether oxygens (including phenoxy) is 3. The molecule has 3 atom stereocenters. The van der Waals surface area contributed by atoms with Crippen LogP contribution >= 0.6 is 0 Å². The predicted octanol–water partition coefficient (Wildman–Crippen LogP) is 5.12. The van der Waals surface area contributed by atoms with Crippen LogP contribution < -0.4 is 40.9 Å². The number of hydrogen-bond acceptors (Lipinski definition) is 8. The van der Waals surface area contributed by atoms with Crippen LogP contribution in [0.25, 0.3) is 11.1 Å². The molecule has 0 radical (unpaired) electrons. The van der Waals surface area contributed by atoms with E-state index in [0.29, 0.717) is 41.3 Å². The quantitative estimate of drug-likeness (QED) is 0.283. The molecule has 2 aromatic rings. The average Bonchev–Trinajstić information content (AvgIpc) is 3.20. The summed E-state index contributed by atoms with van der Waals surface area (Å²) in [6, 6.07) is 6.05. The van der Waals surface area contributed by atoms with Gasteiger partial charge in [0, 0.05) is 29.6 Å². The monoisotopic (exact) mass is 636 g/mol. The zero-order chi connectivity index (χ0) is 34.0. The summed E-state index contributed by atoms with van der Waals surface area (Å²) in [5.41, 5.74) is 2.91. The summed E-state index contributed by atoms with van der Waals surface area (Å²) in [6.45, 7) is 14.1. The first-order chi connectivity index (χ1) is 21.6. The van der Waals surface area contributed by atoms with Crippen molar-refractivity contribution in [3.8, 4) is 28.4 Å². The Hall–Kier alpha value is -3.79. The van der Waals surface area contributed by atoms with Gasteiger partial charge in [-0.3, -0.25) is 14.4 Å². The number of carbonyl (C=O) groups excluding carboxylic acids is 2. The fourth-order valence-electron chi connectivity index (χ4n) is 7.41. The van der Waals surface area contributed by atoms with E-state index in [1.54, 1.807) is 33.5 Å². The van der Waals surface area contributed by atoms with E-state index in [1.807, 2.05) is 26.0 Å². The Balaban J connectivity index is 1.80. The molecule has 1 aliphatic heterocycles. The molecule has 0 unspecified atom stereocenters. The van der Waals surface area contributed by atoms with Crippen LogP contribution in [0, 0.1) is 5.92 Å². The van der Waals surface area contributed by atoms with Crippen molar-refractivity contribution in [2.45, 2.75) is 110 Å². The lowest BCUT2D eigenvalue weighted by atomic mass is 9.79. The van der Waals surface area contributed by atoms with E-state index < -0.39 is 12.1 Å². The second-order valence-electron chi connectivity index (χ2n) is 14.1. The largest absolute Gasteiger partial charge is 0.493 e. The molecule has 10 nitrogen and oxygen atoms in total. The molecule has 0 saturated carbocycles. The van der Waals surface area contributed by atoms with Crippen LogP contribution in [0.15, 0.2) is 29.1 Å². The first-order valence-corrected chi connectivity index (χ1v) is 16.3. The molecule has 2 aliphatic rings. The highest BCUT2D eigenvalue weighted by Gasteiger charge is 2.39. The predicted molar refractivity (Wildman–Crippen MR) is 182 cm³/mol. The zero-order valence-electron chi connectivity index (χ0n) is 29.1. The maximum Gasteiger partial charge on any atom is 0.242 e. The molecule has 1 aliphatic carbocycles. The van der Waals surface area contributed by atoms with Gasteiger partial charge in [-0.1, -0.05) is 26.3 Å². The Morgan fingerprint density at radius 2 is 1.63 bits per heavy atom. The summed E-state index contributed by atoms with van der Waals surface area (Å²) < 4.78 is 17.2. The Bertz CT molecular complexity index is 1510. The topological polar surface area (TPSA) is 127 Å². The maximum absolute atomic E-state index is 14.0. The van der Waals surface area contributed by atoms with Gasteiger partial charge < -0.3 is 35.5 Å². The number of carbonyl (C=O) groups is 2. The summed E-state index contributed by atoms with van der Waals surface area (Å²) in [5.74, 6) is 1.10. The normalized spacial score (nSPS) is 19.7. The molecule has 4 rings (SSSR count). The molecule has 0 spiro atoms. The van der Waals surface area contributed by atoms with Gasteiger partial charge in [-0.15, -0.1) is 0 Å². The molecule has 2 amide bonds. The van der Waals surface area contributed by atoms with E-state index >= 15 is 0 Å². The highest BCUT2D eigenvalue weighted by Crippen LogP contribution is 2.50. The maximum atomic E-state index is 14.0. The molecule has 10 heteroatoms. The number of hydrogen-bond donors (Lipinski definition) is 4. The Kier molecular flexibility index (Phi) is 10.6. The van der Waals surface area contributed by atoms with Crippen molar-refractivity contribution in [2.75, 3.05) is 26.6 Å². The van der Waals surface area contributed by atoms with Crippen LogP contribution in [0.1, 0.15) is 91.3 Å². The van der Waals surface area contributed by atoms with E-state index in [9.17, 15) is 14.4 Å². The van der Waals surface area contributed by atoms with Crippen molar-refractivity contribution in [3.63, 3.8) is 0 Å². The highest BCUT2D eigenvalue weighted by molar-refractivity contribution is 5.86.